The van der Waals surface area contributed by atoms with Crippen LogP contribution in [0.1, 0.15) is 68.3 Å². The number of hydrogen-bond acceptors (Lipinski definition) is 3. The molecule has 144 valence electrons. The zero-order valence-electron chi connectivity index (χ0n) is 16.4. The number of hydrogen-bond donors (Lipinski definition) is 2. The smallest absolute Gasteiger partial charge is 0.255 e. The number of ether oxygens (including phenoxy) is 1. The van der Waals surface area contributed by atoms with Crippen LogP contribution in [0, 0.1) is 0 Å². The molecule has 0 fully saturated rings. The van der Waals surface area contributed by atoms with E-state index in [9.17, 15) is 4.79 Å². The second-order valence-electron chi connectivity index (χ2n) is 7.17. The number of unbranched alkanes of at least 4 members (excludes halogenated alkanes) is 4. The van der Waals surface area contributed by atoms with Crippen molar-refractivity contribution in [3.63, 3.8) is 0 Å². The van der Waals surface area contributed by atoms with Crippen LogP contribution in [0.3, 0.4) is 0 Å². The van der Waals surface area contributed by atoms with Gasteiger partial charge in [-0.3, -0.25) is 4.79 Å². The highest BCUT2D eigenvalue weighted by Crippen LogP contribution is 2.34. The van der Waals surface area contributed by atoms with Gasteiger partial charge in [0.25, 0.3) is 5.91 Å². The van der Waals surface area contributed by atoms with Crippen LogP contribution in [0.5, 0.6) is 5.75 Å². The lowest BCUT2D eigenvalue weighted by molar-refractivity contribution is 0.0896. The molecule has 0 saturated carbocycles. The van der Waals surface area contributed by atoms with Crippen LogP contribution < -0.4 is 15.4 Å². The number of nitrogens with one attached hydrogen (secondary N) is 2. The second-order valence-corrected chi connectivity index (χ2v) is 7.17. The molecule has 1 heterocycles. The van der Waals surface area contributed by atoms with Crippen molar-refractivity contribution in [3.05, 3.63) is 59.7 Å². The van der Waals surface area contributed by atoms with Gasteiger partial charge in [-0.15, -0.1) is 0 Å². The van der Waals surface area contributed by atoms with Crippen LogP contribution in [0.15, 0.2) is 48.5 Å². The summed E-state index contributed by atoms with van der Waals surface area (Å²) in [4.78, 5) is 12.6. The van der Waals surface area contributed by atoms with Gasteiger partial charge in [0.05, 0.1) is 12.2 Å². The van der Waals surface area contributed by atoms with Gasteiger partial charge >= 0.3 is 0 Å². The molecule has 1 amide bonds. The Morgan fingerprint density at radius 2 is 1.63 bits per heavy atom. The van der Waals surface area contributed by atoms with Crippen molar-refractivity contribution in [1.82, 2.24) is 5.32 Å². The molecule has 2 N–H and O–H groups in total. The molecule has 1 aliphatic rings. The zero-order valence-corrected chi connectivity index (χ0v) is 16.4. The zero-order chi connectivity index (χ0) is 19.1. The van der Waals surface area contributed by atoms with Crippen molar-refractivity contribution in [2.24, 2.45) is 0 Å². The van der Waals surface area contributed by atoms with Crippen LogP contribution in [0.2, 0.25) is 0 Å². The largest absolute Gasteiger partial charge is 0.494 e. The Morgan fingerprint density at radius 3 is 2.37 bits per heavy atom. The third kappa shape index (κ3) is 4.44. The van der Waals surface area contributed by atoms with Crippen LogP contribution in [-0.4, -0.2) is 12.5 Å². The summed E-state index contributed by atoms with van der Waals surface area (Å²) in [5.41, 5.74) is 1.99. The maximum absolute atomic E-state index is 12.6. The molecule has 2 aromatic rings. The SMILES string of the molecule is CCCCCCCOc1ccc(C2(CC)NC(=O)c3ccccc3N2)cc1. The molecule has 0 aliphatic carbocycles. The van der Waals surface area contributed by atoms with E-state index in [0.29, 0.717) is 5.56 Å². The van der Waals surface area contributed by atoms with Gasteiger partial charge in [-0.25, -0.2) is 0 Å². The average molecular weight is 367 g/mol. The summed E-state index contributed by atoms with van der Waals surface area (Å²) in [6.07, 6.45) is 6.90. The van der Waals surface area contributed by atoms with Gasteiger partial charge in [0, 0.05) is 5.69 Å². The number of fused-ring (bicyclic) bond motifs is 1. The van der Waals surface area contributed by atoms with Gasteiger partial charge < -0.3 is 15.4 Å². The van der Waals surface area contributed by atoms with E-state index >= 15 is 0 Å². The van der Waals surface area contributed by atoms with Gasteiger partial charge in [0.15, 0.2) is 0 Å². The Kier molecular flexibility index (Phi) is 6.38. The minimum absolute atomic E-state index is 0.0430. The van der Waals surface area contributed by atoms with Crippen molar-refractivity contribution < 1.29 is 9.53 Å². The van der Waals surface area contributed by atoms with Crippen molar-refractivity contribution >= 4 is 11.6 Å². The van der Waals surface area contributed by atoms with Crippen LogP contribution in [0.25, 0.3) is 0 Å². The fraction of sp³-hybridized carbons (Fsp3) is 0.435. The fourth-order valence-corrected chi connectivity index (χ4v) is 3.57. The Morgan fingerprint density at radius 1 is 0.889 bits per heavy atom. The molecule has 1 atom stereocenters. The number of carbonyl (C=O) groups is 1. The molecule has 0 spiro atoms. The van der Waals surface area contributed by atoms with Crippen molar-refractivity contribution in [2.75, 3.05) is 11.9 Å². The van der Waals surface area contributed by atoms with E-state index in [0.717, 1.165) is 36.4 Å². The minimum atomic E-state index is -0.593. The first-order valence-corrected chi connectivity index (χ1v) is 10.1. The quantitative estimate of drug-likeness (QED) is 0.580. The van der Waals surface area contributed by atoms with E-state index in [2.05, 4.69) is 24.5 Å². The first-order chi connectivity index (χ1) is 13.2. The summed E-state index contributed by atoms with van der Waals surface area (Å²) in [6, 6.07) is 15.7. The topological polar surface area (TPSA) is 50.4 Å². The lowest BCUT2D eigenvalue weighted by Gasteiger charge is -2.40. The van der Waals surface area contributed by atoms with Gasteiger partial charge in [0.2, 0.25) is 0 Å². The van der Waals surface area contributed by atoms with Crippen LogP contribution >= 0.6 is 0 Å². The Balaban J connectivity index is 1.66. The number of anilines is 1. The Bertz CT molecular complexity index is 757. The lowest BCUT2D eigenvalue weighted by atomic mass is 9.92. The van der Waals surface area contributed by atoms with Crippen molar-refractivity contribution in [2.45, 2.75) is 58.0 Å². The van der Waals surface area contributed by atoms with E-state index < -0.39 is 5.66 Å². The molecule has 4 heteroatoms. The lowest BCUT2D eigenvalue weighted by Crippen LogP contribution is -2.54. The van der Waals surface area contributed by atoms with Crippen LogP contribution in [0.4, 0.5) is 5.69 Å². The maximum Gasteiger partial charge on any atom is 0.255 e. The predicted octanol–water partition coefficient (Wildman–Crippen LogP) is 5.45. The minimum Gasteiger partial charge on any atom is -0.494 e. The first kappa shape index (κ1) is 19.3. The highest BCUT2D eigenvalue weighted by Gasteiger charge is 2.37. The number of carbonyl (C=O) groups excluding carboxylic acids is 1. The second kappa shape index (κ2) is 8.94. The summed E-state index contributed by atoms with van der Waals surface area (Å²) >= 11 is 0. The summed E-state index contributed by atoms with van der Waals surface area (Å²) in [5.74, 6) is 0.835. The Hall–Kier alpha value is -2.49. The van der Waals surface area contributed by atoms with Gasteiger partial charge in [-0.2, -0.15) is 0 Å². The molecule has 2 aromatic carbocycles. The first-order valence-electron chi connectivity index (χ1n) is 10.1. The maximum atomic E-state index is 12.6. The van der Waals surface area contributed by atoms with Gasteiger partial charge in [-0.1, -0.05) is 63.8 Å². The van der Waals surface area contributed by atoms with Crippen molar-refractivity contribution in [1.29, 1.82) is 0 Å². The standard InChI is InChI=1S/C23H30N2O2/c1-3-5-6-7-10-17-27-19-15-13-18(14-16-19)23(4-2)24-21-12-9-8-11-20(21)22(26)25-23/h8-9,11-16,24H,3-7,10,17H2,1-2H3,(H,25,26). The number of rotatable bonds is 9. The molecular formula is C23H30N2O2. The molecular weight excluding hydrogens is 336 g/mol. The monoisotopic (exact) mass is 366 g/mol. The average Bonchev–Trinajstić information content (AvgIpc) is 2.71. The van der Waals surface area contributed by atoms with E-state index in [4.69, 9.17) is 4.74 Å². The van der Waals surface area contributed by atoms with Gasteiger partial charge in [0.1, 0.15) is 11.4 Å². The molecule has 1 aliphatic heterocycles. The van der Waals surface area contributed by atoms with E-state index in [1.807, 2.05) is 48.5 Å². The summed E-state index contributed by atoms with van der Waals surface area (Å²) in [7, 11) is 0. The van der Waals surface area contributed by atoms with Crippen molar-refractivity contribution in [3.8, 4) is 5.75 Å². The summed E-state index contributed by atoms with van der Waals surface area (Å²) in [5, 5.41) is 6.68. The summed E-state index contributed by atoms with van der Waals surface area (Å²) < 4.78 is 5.86. The molecule has 27 heavy (non-hydrogen) atoms. The number of amides is 1. The molecule has 1 unspecified atom stereocenters. The van der Waals surface area contributed by atoms with Crippen LogP contribution in [-0.2, 0) is 5.66 Å². The molecule has 3 rings (SSSR count). The third-order valence-corrected chi connectivity index (χ3v) is 5.24. The highest BCUT2D eigenvalue weighted by atomic mass is 16.5. The Labute approximate surface area is 162 Å². The molecule has 4 nitrogen and oxygen atoms in total. The fourth-order valence-electron chi connectivity index (χ4n) is 3.57. The molecule has 0 radical (unpaired) electrons. The molecule has 0 aromatic heterocycles. The molecule has 0 bridgehead atoms. The van der Waals surface area contributed by atoms with Gasteiger partial charge in [-0.05, 0) is 42.7 Å². The number of benzene rings is 2. The number of para-hydroxylation sites is 1. The van der Waals surface area contributed by atoms with E-state index in [-0.39, 0.29) is 5.91 Å². The van der Waals surface area contributed by atoms with E-state index in [1.54, 1.807) is 0 Å². The highest BCUT2D eigenvalue weighted by molar-refractivity contribution is 6.02. The molecule has 0 saturated heterocycles. The third-order valence-electron chi connectivity index (χ3n) is 5.24. The predicted molar refractivity (Wildman–Crippen MR) is 110 cm³/mol. The normalized spacial score (nSPS) is 18.4. The van der Waals surface area contributed by atoms with E-state index in [1.165, 1.54) is 25.7 Å². The summed E-state index contributed by atoms with van der Waals surface area (Å²) in [6.45, 7) is 5.05.